The van der Waals surface area contributed by atoms with Gasteiger partial charge in [0.05, 0.1) is 16.4 Å². The zero-order valence-corrected chi connectivity index (χ0v) is 27.8. The van der Waals surface area contributed by atoms with Crippen molar-refractivity contribution in [1.82, 2.24) is 0 Å². The first-order chi connectivity index (χ1) is 21.1. The van der Waals surface area contributed by atoms with Crippen LogP contribution in [0.5, 0.6) is 0 Å². The van der Waals surface area contributed by atoms with Crippen LogP contribution in [0, 0.1) is 40.4 Å². The van der Waals surface area contributed by atoms with Crippen LogP contribution in [-0.2, 0) is 16.4 Å². The minimum absolute atomic E-state index is 0.0787. The van der Waals surface area contributed by atoms with E-state index in [2.05, 4.69) is 19.9 Å². The van der Waals surface area contributed by atoms with Crippen LogP contribution in [-0.4, -0.2) is 31.4 Å². The van der Waals surface area contributed by atoms with Gasteiger partial charge in [-0.05, 0) is 116 Å². The second-order valence-corrected chi connectivity index (χ2v) is 17.3. The monoisotopic (exact) mass is 642 g/mol. The molecule has 3 fully saturated rings. The summed E-state index contributed by atoms with van der Waals surface area (Å²) >= 11 is 0. The predicted octanol–water partition coefficient (Wildman–Crippen LogP) is 8.97. The van der Waals surface area contributed by atoms with E-state index in [1.165, 1.54) is 29.8 Å². The summed E-state index contributed by atoms with van der Waals surface area (Å²) in [5.41, 5.74) is -2.54. The molecule has 0 radical (unpaired) electrons. The third-order valence-corrected chi connectivity index (χ3v) is 15.0. The van der Waals surface area contributed by atoms with Gasteiger partial charge in [-0.15, -0.1) is 0 Å². The Labute approximate surface area is 269 Å². The molecule has 3 nitrogen and oxygen atoms in total. The molecule has 9 unspecified atom stereocenters. The Bertz CT molecular complexity index is 1420. The summed E-state index contributed by atoms with van der Waals surface area (Å²) in [6.07, 6.45) is 4.34. The lowest BCUT2D eigenvalue weighted by molar-refractivity contribution is -0.270. The van der Waals surface area contributed by atoms with Crippen molar-refractivity contribution in [1.29, 1.82) is 0 Å². The van der Waals surface area contributed by atoms with E-state index in [4.69, 9.17) is 0 Å². The smallest absolute Gasteiger partial charge is 0.390 e. The van der Waals surface area contributed by atoms with Crippen molar-refractivity contribution in [2.24, 2.45) is 40.4 Å². The van der Waals surface area contributed by atoms with Crippen molar-refractivity contribution in [3.8, 4) is 0 Å². The lowest BCUT2D eigenvalue weighted by Crippen LogP contribution is -2.53. The number of hydrogen-bond acceptors (Lipinski definition) is 3. The zero-order valence-electron chi connectivity index (χ0n) is 27.0. The molecule has 246 valence electrons. The summed E-state index contributed by atoms with van der Waals surface area (Å²) in [6, 6.07) is 16.1. The van der Waals surface area contributed by atoms with Crippen molar-refractivity contribution in [3.63, 3.8) is 0 Å². The molecule has 0 saturated heterocycles. The largest absolute Gasteiger partial charge is 0.421 e. The Balaban J connectivity index is 1.33. The first-order valence-electron chi connectivity index (χ1n) is 16.8. The first kappa shape index (κ1) is 33.0. The molecule has 2 aromatic carbocycles. The Hall–Kier alpha value is -1.96. The molecule has 2 N–H and O–H groups in total. The lowest BCUT2D eigenvalue weighted by atomic mass is 9.46. The van der Waals surface area contributed by atoms with E-state index in [0.717, 1.165) is 51.4 Å². The summed E-state index contributed by atoms with van der Waals surface area (Å²) in [5.74, 6) is 1.29. The summed E-state index contributed by atoms with van der Waals surface area (Å²) in [4.78, 5) is 0.501. The fourth-order valence-corrected chi connectivity index (χ4v) is 12.3. The summed E-state index contributed by atoms with van der Waals surface area (Å²) in [5, 5.41) is 21.5. The average molecular weight is 643 g/mol. The van der Waals surface area contributed by atoms with Crippen LogP contribution in [0.1, 0.15) is 91.0 Å². The molecule has 0 aliphatic heterocycles. The molecule has 0 spiro atoms. The van der Waals surface area contributed by atoms with Gasteiger partial charge in [0.2, 0.25) is 0 Å². The van der Waals surface area contributed by atoms with Crippen molar-refractivity contribution in [3.05, 3.63) is 77.9 Å². The number of fused-ring (bicyclic) bond motifs is 5. The molecule has 45 heavy (non-hydrogen) atoms. The molecular formula is C38H49F3O3S. The van der Waals surface area contributed by atoms with E-state index < -0.39 is 39.8 Å². The Morgan fingerprint density at radius 1 is 0.911 bits per heavy atom. The van der Waals surface area contributed by atoms with Crippen molar-refractivity contribution in [2.75, 3.05) is 0 Å². The second-order valence-electron chi connectivity index (χ2n) is 15.6. The maximum absolute atomic E-state index is 14.8. The maximum atomic E-state index is 14.8. The van der Waals surface area contributed by atoms with Gasteiger partial charge in [-0.1, -0.05) is 81.0 Å². The van der Waals surface area contributed by atoms with Crippen molar-refractivity contribution >= 4 is 10.8 Å². The van der Waals surface area contributed by atoms with E-state index in [0.29, 0.717) is 22.6 Å². The molecule has 7 heteroatoms. The predicted molar refractivity (Wildman–Crippen MR) is 173 cm³/mol. The van der Waals surface area contributed by atoms with Gasteiger partial charge in [-0.2, -0.15) is 13.2 Å². The maximum Gasteiger partial charge on any atom is 0.421 e. The van der Waals surface area contributed by atoms with Gasteiger partial charge in [0.15, 0.2) is 5.60 Å². The Kier molecular flexibility index (Phi) is 8.52. The molecule has 0 bridgehead atoms. The molecule has 11 atom stereocenters. The van der Waals surface area contributed by atoms with Crippen LogP contribution >= 0.6 is 0 Å². The number of benzene rings is 2. The van der Waals surface area contributed by atoms with Crippen LogP contribution in [0.25, 0.3) is 0 Å². The molecule has 2 aromatic rings. The minimum atomic E-state index is -4.93. The summed E-state index contributed by atoms with van der Waals surface area (Å²) < 4.78 is 58.8. The summed E-state index contributed by atoms with van der Waals surface area (Å²) in [7, 11) is -1.75. The van der Waals surface area contributed by atoms with E-state index in [1.807, 2.05) is 19.9 Å². The number of aliphatic hydroxyl groups is 2. The number of halogens is 3. The SMILES string of the molecule is C[C@H](C(CC(O)(c1ccccc1)C(F)(F)F)S(=O)c1ccccc1)C1CCC2C3CC=C4C[C@@](C)(O)CCC4(C)C3CCC21C. The number of alkyl halides is 3. The fourth-order valence-electron chi connectivity index (χ4n) is 10.6. The third kappa shape index (κ3) is 5.57. The third-order valence-electron chi connectivity index (χ3n) is 13.1. The molecule has 4 aliphatic rings. The van der Waals surface area contributed by atoms with Crippen LogP contribution in [0.2, 0.25) is 0 Å². The zero-order chi connectivity index (χ0) is 32.4. The molecule has 0 amide bonds. The normalized spacial score (nSPS) is 38.1. The quantitative estimate of drug-likeness (QED) is 0.297. The van der Waals surface area contributed by atoms with E-state index in [9.17, 15) is 27.6 Å². The van der Waals surface area contributed by atoms with Gasteiger partial charge in [-0.25, -0.2) is 0 Å². The lowest BCUT2D eigenvalue weighted by Gasteiger charge is -2.59. The van der Waals surface area contributed by atoms with E-state index in [-0.39, 0.29) is 28.2 Å². The number of rotatable bonds is 7. The minimum Gasteiger partial charge on any atom is -0.390 e. The van der Waals surface area contributed by atoms with Gasteiger partial charge in [0, 0.05) is 16.6 Å². The second kappa shape index (κ2) is 11.6. The molecular weight excluding hydrogens is 593 g/mol. The topological polar surface area (TPSA) is 57.5 Å². The van der Waals surface area contributed by atoms with Crippen molar-refractivity contribution in [2.45, 2.75) is 113 Å². The van der Waals surface area contributed by atoms with Gasteiger partial charge in [-0.3, -0.25) is 4.21 Å². The van der Waals surface area contributed by atoms with Crippen LogP contribution < -0.4 is 0 Å². The van der Waals surface area contributed by atoms with Crippen LogP contribution in [0.4, 0.5) is 13.2 Å². The van der Waals surface area contributed by atoms with Crippen LogP contribution in [0.15, 0.2) is 77.2 Å². The van der Waals surface area contributed by atoms with Gasteiger partial charge < -0.3 is 10.2 Å². The first-order valence-corrected chi connectivity index (χ1v) is 18.0. The van der Waals surface area contributed by atoms with Crippen LogP contribution in [0.3, 0.4) is 0 Å². The molecule has 4 aliphatic carbocycles. The standard InChI is InChI=1S/C38H49F3O3S/c1-25(33(45(44)28-13-9-6-10-14-28)24-37(43,38(39,40)41)26-11-7-5-8-12-26)30-17-18-31-29-16-15-27-23-34(2,42)21-22-35(27,3)32(29)19-20-36(30,31)4/h5-15,25,29-33,42-43H,16-24H2,1-4H3/t25-,29?,30?,31?,32?,33?,34-,35?,36?,37?,45?/m0/s1. The highest BCUT2D eigenvalue weighted by molar-refractivity contribution is 7.85. The van der Waals surface area contributed by atoms with E-state index in [1.54, 1.807) is 30.3 Å². The molecule has 0 heterocycles. The van der Waals surface area contributed by atoms with Crippen molar-refractivity contribution < 1.29 is 27.6 Å². The molecule has 3 saturated carbocycles. The highest BCUT2D eigenvalue weighted by Crippen LogP contribution is 2.68. The van der Waals surface area contributed by atoms with Gasteiger partial charge >= 0.3 is 6.18 Å². The van der Waals surface area contributed by atoms with Gasteiger partial charge in [0.1, 0.15) is 0 Å². The van der Waals surface area contributed by atoms with Gasteiger partial charge in [0.25, 0.3) is 0 Å². The Morgan fingerprint density at radius 2 is 1.56 bits per heavy atom. The Morgan fingerprint density at radius 3 is 2.20 bits per heavy atom. The highest BCUT2D eigenvalue weighted by Gasteiger charge is 2.62. The fraction of sp³-hybridized carbons (Fsp3) is 0.632. The van der Waals surface area contributed by atoms with E-state index >= 15 is 0 Å². The molecule has 0 aromatic heterocycles. The summed E-state index contributed by atoms with van der Waals surface area (Å²) in [6.45, 7) is 8.71. The highest BCUT2D eigenvalue weighted by atomic mass is 32.2. The molecule has 6 rings (SSSR count). The average Bonchev–Trinajstić information content (AvgIpc) is 3.37. The number of hydrogen-bond donors (Lipinski definition) is 2. The number of allylic oxidation sites excluding steroid dienone is 1.